The lowest BCUT2D eigenvalue weighted by Gasteiger charge is -2.18. The van der Waals surface area contributed by atoms with Crippen molar-refractivity contribution in [3.63, 3.8) is 0 Å². The normalized spacial score (nSPS) is 12.7. The molecule has 0 saturated heterocycles. The van der Waals surface area contributed by atoms with Crippen molar-refractivity contribution in [1.82, 2.24) is 5.32 Å². The third kappa shape index (κ3) is 3.28. The Kier molecular flexibility index (Phi) is 5.50. The van der Waals surface area contributed by atoms with Gasteiger partial charge in [0.1, 0.15) is 0 Å². The SMILES string of the molecule is CCNC(c1ccc(I)c(Cl)c1)c1sccc1Br. The van der Waals surface area contributed by atoms with Gasteiger partial charge in [-0.15, -0.1) is 11.3 Å². The Bertz CT molecular complexity index is 544. The summed E-state index contributed by atoms with van der Waals surface area (Å²) in [6.45, 7) is 3.03. The number of thiophene rings is 1. The molecule has 1 aromatic carbocycles. The molecule has 0 saturated carbocycles. The molecule has 0 spiro atoms. The van der Waals surface area contributed by atoms with Gasteiger partial charge >= 0.3 is 0 Å². The molecule has 0 amide bonds. The molecule has 1 nitrogen and oxygen atoms in total. The van der Waals surface area contributed by atoms with E-state index in [0.29, 0.717) is 0 Å². The van der Waals surface area contributed by atoms with Gasteiger partial charge in [0.05, 0.1) is 11.1 Å². The fraction of sp³-hybridized carbons (Fsp3) is 0.231. The largest absolute Gasteiger partial charge is 0.306 e. The minimum Gasteiger partial charge on any atom is -0.306 e. The van der Waals surface area contributed by atoms with Crippen LogP contribution in [0.25, 0.3) is 0 Å². The van der Waals surface area contributed by atoms with E-state index in [1.54, 1.807) is 11.3 Å². The van der Waals surface area contributed by atoms with E-state index >= 15 is 0 Å². The summed E-state index contributed by atoms with van der Waals surface area (Å²) < 4.78 is 2.23. The summed E-state index contributed by atoms with van der Waals surface area (Å²) in [5.41, 5.74) is 1.20. The van der Waals surface area contributed by atoms with Crippen molar-refractivity contribution in [2.45, 2.75) is 13.0 Å². The zero-order chi connectivity index (χ0) is 13.1. The molecule has 0 aliphatic rings. The molecule has 5 heteroatoms. The van der Waals surface area contributed by atoms with Gasteiger partial charge in [-0.1, -0.05) is 24.6 Å². The van der Waals surface area contributed by atoms with Crippen LogP contribution in [0.5, 0.6) is 0 Å². The molecular formula is C13H12BrClINS. The number of hydrogen-bond acceptors (Lipinski definition) is 2. The van der Waals surface area contributed by atoms with Gasteiger partial charge in [0.15, 0.2) is 0 Å². The molecule has 1 heterocycles. The van der Waals surface area contributed by atoms with Crippen molar-refractivity contribution in [2.24, 2.45) is 0 Å². The maximum Gasteiger partial charge on any atom is 0.0682 e. The summed E-state index contributed by atoms with van der Waals surface area (Å²) in [4.78, 5) is 1.29. The molecule has 0 fully saturated rings. The Morgan fingerprint density at radius 3 is 2.78 bits per heavy atom. The molecule has 0 bridgehead atoms. The number of rotatable bonds is 4. The van der Waals surface area contributed by atoms with Crippen LogP contribution in [0.15, 0.2) is 34.1 Å². The topological polar surface area (TPSA) is 12.0 Å². The van der Waals surface area contributed by atoms with Gasteiger partial charge in [-0.2, -0.15) is 0 Å². The Hall–Kier alpha value is 0.380. The zero-order valence-corrected chi connectivity index (χ0v) is 15.0. The molecule has 0 aliphatic carbocycles. The molecule has 2 rings (SSSR count). The zero-order valence-electron chi connectivity index (χ0n) is 9.71. The summed E-state index contributed by atoms with van der Waals surface area (Å²) in [6, 6.07) is 8.51. The lowest BCUT2D eigenvalue weighted by molar-refractivity contribution is 0.638. The fourth-order valence-corrected chi connectivity index (χ4v) is 4.00. The number of hydrogen-bond donors (Lipinski definition) is 1. The van der Waals surface area contributed by atoms with E-state index in [2.05, 4.69) is 74.3 Å². The number of benzene rings is 1. The second-order valence-electron chi connectivity index (χ2n) is 3.80. The van der Waals surface area contributed by atoms with E-state index < -0.39 is 0 Å². The van der Waals surface area contributed by atoms with Crippen LogP contribution < -0.4 is 5.32 Å². The van der Waals surface area contributed by atoms with E-state index in [-0.39, 0.29) is 6.04 Å². The van der Waals surface area contributed by atoms with Crippen LogP contribution in [-0.4, -0.2) is 6.54 Å². The maximum atomic E-state index is 6.22. The van der Waals surface area contributed by atoms with Crippen molar-refractivity contribution in [1.29, 1.82) is 0 Å². The average molecular weight is 457 g/mol. The predicted molar refractivity (Wildman–Crippen MR) is 91.7 cm³/mol. The minimum atomic E-state index is 0.193. The number of halogens is 3. The van der Waals surface area contributed by atoms with Crippen molar-refractivity contribution >= 4 is 61.5 Å². The van der Waals surface area contributed by atoms with Gasteiger partial charge in [0.2, 0.25) is 0 Å². The molecule has 0 aliphatic heterocycles. The van der Waals surface area contributed by atoms with E-state index in [1.807, 2.05) is 6.07 Å². The van der Waals surface area contributed by atoms with Crippen molar-refractivity contribution in [2.75, 3.05) is 6.54 Å². The monoisotopic (exact) mass is 455 g/mol. The molecule has 1 aromatic heterocycles. The van der Waals surface area contributed by atoms with E-state index in [1.165, 1.54) is 10.4 Å². The lowest BCUT2D eigenvalue weighted by atomic mass is 10.1. The third-order valence-corrected chi connectivity index (χ3v) is 6.10. The molecule has 2 aromatic rings. The second-order valence-corrected chi connectivity index (χ2v) is 7.17. The first-order valence-electron chi connectivity index (χ1n) is 5.54. The van der Waals surface area contributed by atoms with E-state index in [4.69, 9.17) is 11.6 Å². The van der Waals surface area contributed by atoms with Gasteiger partial charge in [0.25, 0.3) is 0 Å². The third-order valence-electron chi connectivity index (χ3n) is 2.59. The fourth-order valence-electron chi connectivity index (χ4n) is 1.77. The summed E-state index contributed by atoms with van der Waals surface area (Å²) in [5.74, 6) is 0. The summed E-state index contributed by atoms with van der Waals surface area (Å²) >= 11 is 13.8. The first-order chi connectivity index (χ1) is 8.63. The van der Waals surface area contributed by atoms with Gasteiger partial charge in [0, 0.05) is 12.9 Å². The molecule has 0 radical (unpaired) electrons. The lowest BCUT2D eigenvalue weighted by Crippen LogP contribution is -2.21. The predicted octanol–water partition coefficient (Wildman–Crippen LogP) is 5.47. The van der Waals surface area contributed by atoms with Crippen LogP contribution in [0.3, 0.4) is 0 Å². The van der Waals surface area contributed by atoms with Gasteiger partial charge in [-0.3, -0.25) is 0 Å². The van der Waals surface area contributed by atoms with Crippen LogP contribution in [0.2, 0.25) is 5.02 Å². The molecule has 1 unspecified atom stereocenters. The smallest absolute Gasteiger partial charge is 0.0682 e. The Balaban J connectivity index is 2.41. The van der Waals surface area contributed by atoms with E-state index in [0.717, 1.165) is 19.6 Å². The van der Waals surface area contributed by atoms with Gasteiger partial charge < -0.3 is 5.32 Å². The van der Waals surface area contributed by atoms with Gasteiger partial charge in [-0.25, -0.2) is 0 Å². The summed E-state index contributed by atoms with van der Waals surface area (Å²) in [5, 5.41) is 6.41. The van der Waals surface area contributed by atoms with Crippen LogP contribution >= 0.6 is 61.5 Å². The van der Waals surface area contributed by atoms with Crippen molar-refractivity contribution in [3.8, 4) is 0 Å². The molecule has 18 heavy (non-hydrogen) atoms. The first-order valence-corrected chi connectivity index (χ1v) is 8.67. The van der Waals surface area contributed by atoms with Crippen LogP contribution in [0.4, 0.5) is 0 Å². The summed E-state index contributed by atoms with van der Waals surface area (Å²) in [7, 11) is 0. The quantitative estimate of drug-likeness (QED) is 0.602. The number of nitrogens with one attached hydrogen (secondary N) is 1. The highest BCUT2D eigenvalue weighted by atomic mass is 127. The maximum absolute atomic E-state index is 6.22. The van der Waals surface area contributed by atoms with Crippen molar-refractivity contribution in [3.05, 3.63) is 53.2 Å². The highest BCUT2D eigenvalue weighted by Crippen LogP contribution is 2.34. The highest BCUT2D eigenvalue weighted by molar-refractivity contribution is 14.1. The van der Waals surface area contributed by atoms with Crippen molar-refractivity contribution < 1.29 is 0 Å². The molecule has 1 N–H and O–H groups in total. The Labute approximate surface area is 138 Å². The van der Waals surface area contributed by atoms with Crippen LogP contribution in [0, 0.1) is 3.57 Å². The first kappa shape index (κ1) is 14.8. The summed E-state index contributed by atoms with van der Waals surface area (Å²) in [6.07, 6.45) is 0. The Morgan fingerprint density at radius 1 is 1.44 bits per heavy atom. The Morgan fingerprint density at radius 2 is 2.22 bits per heavy atom. The van der Waals surface area contributed by atoms with Gasteiger partial charge in [-0.05, 0) is 74.2 Å². The molecule has 96 valence electrons. The highest BCUT2D eigenvalue weighted by Gasteiger charge is 2.17. The van der Waals surface area contributed by atoms with E-state index in [9.17, 15) is 0 Å². The van der Waals surface area contributed by atoms with Crippen LogP contribution in [0.1, 0.15) is 23.4 Å². The van der Waals surface area contributed by atoms with Crippen LogP contribution in [-0.2, 0) is 0 Å². The minimum absolute atomic E-state index is 0.193. The molecule has 1 atom stereocenters. The molecular weight excluding hydrogens is 444 g/mol. The second kappa shape index (κ2) is 6.70. The standard InChI is InChI=1S/C13H12BrClINS/c1-2-17-12(13-9(14)5-6-18-13)8-3-4-11(16)10(15)7-8/h3-7,12,17H,2H2,1H3. The average Bonchev–Trinajstić information content (AvgIpc) is 2.76.